The molecular weight excluding hydrogens is 326 g/mol. The van der Waals surface area contributed by atoms with Crippen molar-refractivity contribution in [2.45, 2.75) is 26.8 Å². The van der Waals surface area contributed by atoms with Crippen LogP contribution >= 0.6 is 15.9 Å². The summed E-state index contributed by atoms with van der Waals surface area (Å²) in [5.41, 5.74) is 0.527. The lowest BCUT2D eigenvalue weighted by Crippen LogP contribution is -2.08. The average molecular weight is 340 g/mol. The van der Waals surface area contributed by atoms with Crippen molar-refractivity contribution in [1.82, 2.24) is 4.98 Å². The van der Waals surface area contributed by atoms with Crippen molar-refractivity contribution in [2.75, 3.05) is 5.32 Å². The minimum Gasteiger partial charge on any atom is -0.464 e. The second-order valence-electron chi connectivity index (χ2n) is 4.50. The van der Waals surface area contributed by atoms with E-state index in [2.05, 4.69) is 26.2 Å². The monoisotopic (exact) mass is 339 g/mol. The zero-order valence-corrected chi connectivity index (χ0v) is 12.9. The van der Waals surface area contributed by atoms with Crippen molar-refractivity contribution in [3.05, 3.63) is 50.0 Å². The second kappa shape index (κ2) is 5.62. The van der Waals surface area contributed by atoms with Gasteiger partial charge in [0.25, 0.3) is 5.69 Å². The van der Waals surface area contributed by atoms with Crippen LogP contribution in [-0.2, 0) is 0 Å². The van der Waals surface area contributed by atoms with Gasteiger partial charge in [-0.15, -0.1) is 0 Å². The molecular formula is C13H14BrN3O3. The third-order valence-corrected chi connectivity index (χ3v) is 3.95. The average Bonchev–Trinajstić information content (AvgIpc) is 2.81. The molecule has 0 fully saturated rings. The molecule has 2 heterocycles. The first-order valence-electron chi connectivity index (χ1n) is 6.02. The van der Waals surface area contributed by atoms with Gasteiger partial charge >= 0.3 is 0 Å². The van der Waals surface area contributed by atoms with E-state index in [4.69, 9.17) is 4.42 Å². The number of aromatic nitrogens is 1. The summed E-state index contributed by atoms with van der Waals surface area (Å²) in [5.74, 6) is 2.17. The minimum atomic E-state index is -0.448. The molecule has 20 heavy (non-hydrogen) atoms. The highest BCUT2D eigenvalue weighted by molar-refractivity contribution is 9.10. The van der Waals surface area contributed by atoms with Crippen LogP contribution in [0.5, 0.6) is 0 Å². The van der Waals surface area contributed by atoms with Gasteiger partial charge in [0.1, 0.15) is 23.5 Å². The molecule has 0 aliphatic carbocycles. The van der Waals surface area contributed by atoms with Gasteiger partial charge in [-0.3, -0.25) is 10.1 Å². The second-order valence-corrected chi connectivity index (χ2v) is 5.30. The molecule has 0 aromatic carbocycles. The van der Waals surface area contributed by atoms with Crippen molar-refractivity contribution in [2.24, 2.45) is 0 Å². The summed E-state index contributed by atoms with van der Waals surface area (Å²) in [6, 6.07) is 3.68. The Bertz CT molecular complexity index is 654. The first kappa shape index (κ1) is 14.5. The van der Waals surface area contributed by atoms with E-state index in [9.17, 15) is 10.1 Å². The van der Waals surface area contributed by atoms with Gasteiger partial charge in [-0.2, -0.15) is 0 Å². The molecule has 2 rings (SSSR count). The highest BCUT2D eigenvalue weighted by Crippen LogP contribution is 2.32. The Morgan fingerprint density at radius 3 is 2.70 bits per heavy atom. The number of aryl methyl sites for hydroxylation is 1. The van der Waals surface area contributed by atoms with Crippen LogP contribution in [0.3, 0.4) is 0 Å². The van der Waals surface area contributed by atoms with Crippen LogP contribution in [0.25, 0.3) is 0 Å². The van der Waals surface area contributed by atoms with Gasteiger partial charge in [-0.25, -0.2) is 4.98 Å². The van der Waals surface area contributed by atoms with E-state index in [1.807, 2.05) is 26.0 Å². The Kier molecular flexibility index (Phi) is 4.08. The number of furan rings is 1. The fraction of sp³-hybridized carbons (Fsp3) is 0.308. The van der Waals surface area contributed by atoms with E-state index in [0.29, 0.717) is 15.9 Å². The molecule has 0 aliphatic rings. The van der Waals surface area contributed by atoms with Crippen LogP contribution in [0.15, 0.2) is 27.2 Å². The van der Waals surface area contributed by atoms with Crippen LogP contribution in [0.1, 0.15) is 30.0 Å². The number of pyridine rings is 1. The first-order chi connectivity index (χ1) is 9.40. The molecule has 106 valence electrons. The highest BCUT2D eigenvalue weighted by Gasteiger charge is 2.19. The molecule has 6 nitrogen and oxygen atoms in total. The van der Waals surface area contributed by atoms with Crippen LogP contribution in [0.2, 0.25) is 0 Å². The summed E-state index contributed by atoms with van der Waals surface area (Å²) in [7, 11) is 0. The maximum absolute atomic E-state index is 10.8. The number of halogens is 1. The molecule has 1 N–H and O–H groups in total. The SMILES string of the molecule is Cc1ccc(C(C)Nc2ncc([N+](=O)[O-])c(C)c2Br)o1. The van der Waals surface area contributed by atoms with E-state index < -0.39 is 4.92 Å². The maximum Gasteiger partial charge on any atom is 0.291 e. The predicted octanol–water partition coefficient (Wildman–Crippen LogP) is 4.14. The van der Waals surface area contributed by atoms with Crippen molar-refractivity contribution in [1.29, 1.82) is 0 Å². The Labute approximate surface area is 124 Å². The van der Waals surface area contributed by atoms with Gasteiger partial charge in [0, 0.05) is 5.56 Å². The van der Waals surface area contributed by atoms with Gasteiger partial charge in [-0.1, -0.05) is 0 Å². The third-order valence-electron chi connectivity index (χ3n) is 2.98. The Balaban J connectivity index is 2.26. The van der Waals surface area contributed by atoms with Crippen LogP contribution < -0.4 is 5.32 Å². The molecule has 0 saturated carbocycles. The maximum atomic E-state index is 10.8. The molecule has 1 unspecified atom stereocenters. The van der Waals surface area contributed by atoms with E-state index in [1.165, 1.54) is 6.20 Å². The van der Waals surface area contributed by atoms with Crippen LogP contribution in [0.4, 0.5) is 11.5 Å². The lowest BCUT2D eigenvalue weighted by molar-refractivity contribution is -0.385. The largest absolute Gasteiger partial charge is 0.464 e. The topological polar surface area (TPSA) is 81.2 Å². The van der Waals surface area contributed by atoms with Gasteiger partial charge in [-0.05, 0) is 48.8 Å². The molecule has 1 atom stereocenters. The molecule has 0 spiro atoms. The van der Waals surface area contributed by atoms with Crippen LogP contribution in [-0.4, -0.2) is 9.91 Å². The standard InChI is InChI=1S/C13H14BrN3O3/c1-7-4-5-11(20-7)9(3)16-13-12(14)8(2)10(6-15-13)17(18)19/h4-6,9H,1-3H3,(H,15,16). The summed E-state index contributed by atoms with van der Waals surface area (Å²) >= 11 is 3.35. The highest BCUT2D eigenvalue weighted by atomic mass is 79.9. The third kappa shape index (κ3) is 2.82. The van der Waals surface area contributed by atoms with E-state index in [-0.39, 0.29) is 11.7 Å². The number of rotatable bonds is 4. The summed E-state index contributed by atoms with van der Waals surface area (Å²) < 4.78 is 6.12. The minimum absolute atomic E-state index is 0.0103. The summed E-state index contributed by atoms with van der Waals surface area (Å²) in [6.45, 7) is 5.49. The van der Waals surface area contributed by atoms with Gasteiger partial charge in [0.15, 0.2) is 0 Å². The van der Waals surface area contributed by atoms with E-state index >= 15 is 0 Å². The lowest BCUT2D eigenvalue weighted by atomic mass is 10.2. The van der Waals surface area contributed by atoms with Crippen molar-refractivity contribution in [3.8, 4) is 0 Å². The lowest BCUT2D eigenvalue weighted by Gasteiger charge is -2.14. The predicted molar refractivity (Wildman–Crippen MR) is 78.8 cm³/mol. The van der Waals surface area contributed by atoms with Gasteiger partial charge in [0.2, 0.25) is 0 Å². The molecule has 7 heteroatoms. The van der Waals surface area contributed by atoms with Gasteiger partial charge < -0.3 is 9.73 Å². The number of anilines is 1. The normalized spacial score (nSPS) is 12.2. The Morgan fingerprint density at radius 1 is 1.45 bits per heavy atom. The molecule has 0 saturated heterocycles. The zero-order valence-electron chi connectivity index (χ0n) is 11.3. The number of nitrogens with one attached hydrogen (secondary N) is 1. The number of hydrogen-bond donors (Lipinski definition) is 1. The summed E-state index contributed by atoms with van der Waals surface area (Å²) in [6.07, 6.45) is 1.25. The molecule has 0 amide bonds. The van der Waals surface area contributed by atoms with Crippen molar-refractivity contribution < 1.29 is 9.34 Å². The van der Waals surface area contributed by atoms with Gasteiger partial charge in [0.05, 0.1) is 15.4 Å². The number of nitro groups is 1. The summed E-state index contributed by atoms with van der Waals surface area (Å²) in [5, 5.41) is 14.0. The van der Waals surface area contributed by atoms with E-state index in [1.54, 1.807) is 6.92 Å². The Morgan fingerprint density at radius 2 is 2.15 bits per heavy atom. The molecule has 2 aromatic rings. The van der Waals surface area contributed by atoms with Crippen molar-refractivity contribution in [3.63, 3.8) is 0 Å². The first-order valence-corrected chi connectivity index (χ1v) is 6.81. The van der Waals surface area contributed by atoms with Crippen LogP contribution in [0, 0.1) is 24.0 Å². The molecule has 0 aliphatic heterocycles. The molecule has 0 radical (unpaired) electrons. The zero-order chi connectivity index (χ0) is 14.9. The fourth-order valence-electron chi connectivity index (χ4n) is 1.82. The number of nitrogens with zero attached hydrogens (tertiary/aromatic N) is 2. The van der Waals surface area contributed by atoms with E-state index in [0.717, 1.165) is 11.5 Å². The fourth-order valence-corrected chi connectivity index (χ4v) is 2.24. The Hall–Kier alpha value is -1.89. The summed E-state index contributed by atoms with van der Waals surface area (Å²) in [4.78, 5) is 14.5. The quantitative estimate of drug-likeness (QED) is 0.668. The smallest absolute Gasteiger partial charge is 0.291 e. The molecule has 0 bridgehead atoms. The molecule has 2 aromatic heterocycles. The number of hydrogen-bond acceptors (Lipinski definition) is 5. The van der Waals surface area contributed by atoms with Crippen molar-refractivity contribution >= 4 is 27.4 Å².